The number of carbonyl (C=O) groups is 4. The molecule has 1 fully saturated rings. The molecule has 2 aromatic carbocycles. The molecule has 0 aliphatic carbocycles. The topological polar surface area (TPSA) is 161 Å². The maximum absolute atomic E-state index is 13.1. The van der Waals surface area contributed by atoms with Crippen LogP contribution in [-0.4, -0.2) is 69.8 Å². The molecule has 53 heavy (non-hydrogen) atoms. The van der Waals surface area contributed by atoms with E-state index < -0.39 is 52.0 Å². The smallest absolute Gasteiger partial charge is 0.314 e. The number of hydrogen-bond acceptors (Lipinski definition) is 12. The Bertz CT molecular complexity index is 1580. The Hall–Kier alpha value is -4.36. The number of hydrogen-bond donors (Lipinski definition) is 3. The van der Waals surface area contributed by atoms with Gasteiger partial charge < -0.3 is 29.4 Å². The largest absolute Gasteiger partial charge is 0.493 e. The summed E-state index contributed by atoms with van der Waals surface area (Å²) in [5.74, 6) is -1.27. The molecular formula is C41H56N2O10. The van der Waals surface area contributed by atoms with Crippen LogP contribution < -0.4 is 24.4 Å². The molecule has 1 heterocycles. The van der Waals surface area contributed by atoms with Crippen molar-refractivity contribution in [2.75, 3.05) is 14.2 Å². The first-order valence-corrected chi connectivity index (χ1v) is 17.8. The van der Waals surface area contributed by atoms with Crippen molar-refractivity contribution in [3.05, 3.63) is 59.7 Å². The summed E-state index contributed by atoms with van der Waals surface area (Å²) in [5, 5.41) is 21.4. The van der Waals surface area contributed by atoms with Crippen molar-refractivity contribution in [1.29, 1.82) is 0 Å². The van der Waals surface area contributed by atoms with Crippen LogP contribution in [0, 0.1) is 17.8 Å². The summed E-state index contributed by atoms with van der Waals surface area (Å²) >= 11 is 0. The fourth-order valence-corrected chi connectivity index (χ4v) is 6.73. The summed E-state index contributed by atoms with van der Waals surface area (Å²) in [6.07, 6.45) is 7.12. The summed E-state index contributed by atoms with van der Waals surface area (Å²) in [4.78, 5) is 51.5. The van der Waals surface area contributed by atoms with E-state index in [2.05, 4.69) is 5.48 Å². The van der Waals surface area contributed by atoms with Crippen LogP contribution in [0.1, 0.15) is 98.6 Å². The summed E-state index contributed by atoms with van der Waals surface area (Å²) in [7, 11) is 2.89. The van der Waals surface area contributed by atoms with Crippen LogP contribution in [0.15, 0.2) is 48.6 Å². The lowest BCUT2D eigenvalue weighted by Gasteiger charge is -2.50. The van der Waals surface area contributed by atoms with E-state index in [4.69, 9.17) is 18.9 Å². The Labute approximate surface area is 313 Å². The second-order valence-corrected chi connectivity index (χ2v) is 16.0. The van der Waals surface area contributed by atoms with E-state index in [0.29, 0.717) is 48.3 Å². The normalized spacial score (nSPS) is 16.8. The number of allylic oxidation sites excluding steroid dienone is 2. The second-order valence-electron chi connectivity index (χ2n) is 16.0. The predicted molar refractivity (Wildman–Crippen MR) is 201 cm³/mol. The number of nitrogens with one attached hydrogen (secondary N) is 1. The molecule has 0 aromatic heterocycles. The number of methoxy groups -OCH3 is 2. The van der Waals surface area contributed by atoms with Gasteiger partial charge in [-0.3, -0.25) is 19.2 Å². The van der Waals surface area contributed by atoms with E-state index in [1.807, 2.05) is 41.5 Å². The molecule has 3 N–H and O–H groups in total. The maximum Gasteiger partial charge on any atom is 0.314 e. The average molecular weight is 737 g/mol. The van der Waals surface area contributed by atoms with Crippen molar-refractivity contribution in [3.8, 4) is 23.0 Å². The molecule has 2 aromatic rings. The van der Waals surface area contributed by atoms with Crippen molar-refractivity contribution in [2.24, 2.45) is 17.8 Å². The Morgan fingerprint density at radius 3 is 1.75 bits per heavy atom. The van der Waals surface area contributed by atoms with Crippen LogP contribution in [0.5, 0.6) is 23.0 Å². The lowest BCUT2D eigenvalue weighted by Crippen LogP contribution is -2.60. The first kappa shape index (κ1) is 43.0. The molecule has 0 spiro atoms. The van der Waals surface area contributed by atoms with Crippen LogP contribution in [0.4, 0.5) is 0 Å². The highest BCUT2D eigenvalue weighted by Gasteiger charge is 2.47. The van der Waals surface area contributed by atoms with Gasteiger partial charge in [0.05, 0.1) is 32.5 Å². The average Bonchev–Trinajstić information content (AvgIpc) is 3.08. The Morgan fingerprint density at radius 2 is 1.32 bits per heavy atom. The zero-order chi connectivity index (χ0) is 39.7. The summed E-state index contributed by atoms with van der Waals surface area (Å²) in [6, 6.07) is 9.76. The van der Waals surface area contributed by atoms with Crippen LogP contribution in [0.25, 0.3) is 12.2 Å². The molecule has 3 rings (SSSR count). The molecule has 0 radical (unpaired) electrons. The van der Waals surface area contributed by atoms with Crippen molar-refractivity contribution in [1.82, 2.24) is 10.5 Å². The third-order valence-electron chi connectivity index (χ3n) is 9.19. The molecule has 1 atom stereocenters. The number of ether oxygens (including phenoxy) is 4. The predicted octanol–water partition coefficient (Wildman–Crippen LogP) is 7.24. The fourth-order valence-electron chi connectivity index (χ4n) is 6.73. The van der Waals surface area contributed by atoms with Gasteiger partial charge in [0.1, 0.15) is 0 Å². The van der Waals surface area contributed by atoms with E-state index in [0.717, 1.165) is 0 Å². The van der Waals surface area contributed by atoms with Gasteiger partial charge in [0.15, 0.2) is 34.6 Å². The van der Waals surface area contributed by atoms with Crippen molar-refractivity contribution in [3.63, 3.8) is 0 Å². The second kappa shape index (κ2) is 18.1. The lowest BCUT2D eigenvalue weighted by molar-refractivity contribution is -0.251. The van der Waals surface area contributed by atoms with Crippen molar-refractivity contribution >= 4 is 35.7 Å². The summed E-state index contributed by atoms with van der Waals surface area (Å²) < 4.78 is 22.3. The number of ketones is 2. The highest BCUT2D eigenvalue weighted by Crippen LogP contribution is 2.41. The lowest BCUT2D eigenvalue weighted by atomic mass is 9.75. The van der Waals surface area contributed by atoms with Crippen LogP contribution >= 0.6 is 0 Å². The van der Waals surface area contributed by atoms with E-state index in [1.54, 1.807) is 62.4 Å². The maximum atomic E-state index is 13.1. The van der Waals surface area contributed by atoms with Gasteiger partial charge in [-0.2, -0.15) is 5.06 Å². The van der Waals surface area contributed by atoms with Crippen LogP contribution in [0.3, 0.4) is 0 Å². The number of nitrogens with zero attached hydrogens (tertiary/aromatic N) is 1. The molecule has 290 valence electrons. The van der Waals surface area contributed by atoms with Gasteiger partial charge in [-0.15, -0.1) is 0 Å². The minimum Gasteiger partial charge on any atom is -0.493 e. The fraction of sp³-hybridized carbons (Fsp3) is 0.512. The van der Waals surface area contributed by atoms with Gasteiger partial charge in [-0.25, -0.2) is 5.48 Å². The highest BCUT2D eigenvalue weighted by molar-refractivity contribution is 6.10. The number of esters is 2. The summed E-state index contributed by atoms with van der Waals surface area (Å²) in [6.45, 7) is 15.1. The first-order valence-electron chi connectivity index (χ1n) is 17.8. The molecule has 0 saturated carbocycles. The molecular weight excluding hydrogens is 680 g/mol. The van der Waals surface area contributed by atoms with Crippen molar-refractivity contribution < 1.29 is 48.5 Å². The zero-order valence-corrected chi connectivity index (χ0v) is 32.6. The summed E-state index contributed by atoms with van der Waals surface area (Å²) in [5.41, 5.74) is 1.55. The van der Waals surface area contributed by atoms with E-state index >= 15 is 0 Å². The third kappa shape index (κ3) is 12.3. The van der Waals surface area contributed by atoms with Crippen molar-refractivity contribution in [2.45, 2.75) is 104 Å². The van der Waals surface area contributed by atoms with Crippen LogP contribution in [0.2, 0.25) is 0 Å². The molecule has 1 saturated heterocycles. The number of carbonyl (C=O) groups excluding carboxylic acids is 4. The standard InChI is InChI=1S/C41H56N2O10/c1-26(2)19-29(23-39(3,4)42-48)37(46)52-33-17-13-27(20-35(33)50-9)11-15-31(44)22-32(45)16-12-28-14-18-34(36(21-28)51-10)53-38(47)30-24-40(5,6)43(49)41(7,8)25-30/h11-18,20-21,26,29-30,42,48-49H,19,22-25H2,1-10H3/b15-11+,16-12+. The quantitative estimate of drug-likeness (QED) is 0.0492. The molecule has 1 unspecified atom stereocenters. The number of rotatable bonds is 17. The zero-order valence-electron chi connectivity index (χ0n) is 32.6. The van der Waals surface area contributed by atoms with E-state index in [-0.39, 0.29) is 23.8 Å². The van der Waals surface area contributed by atoms with Crippen LogP contribution in [-0.2, 0) is 19.2 Å². The molecule has 12 heteroatoms. The van der Waals surface area contributed by atoms with E-state index in [9.17, 15) is 29.6 Å². The van der Waals surface area contributed by atoms with Gasteiger partial charge in [-0.05, 0) is 121 Å². The number of piperidine rings is 1. The van der Waals surface area contributed by atoms with Gasteiger partial charge in [0.25, 0.3) is 0 Å². The number of benzene rings is 2. The number of hydroxylamine groups is 3. The highest BCUT2D eigenvalue weighted by atomic mass is 16.6. The molecule has 0 amide bonds. The van der Waals surface area contributed by atoms with Gasteiger partial charge >= 0.3 is 11.9 Å². The monoisotopic (exact) mass is 736 g/mol. The first-order chi connectivity index (χ1) is 24.7. The Kier molecular flexibility index (Phi) is 14.7. The molecule has 1 aliphatic heterocycles. The van der Waals surface area contributed by atoms with E-state index in [1.165, 1.54) is 31.4 Å². The molecule has 12 nitrogen and oxygen atoms in total. The third-order valence-corrected chi connectivity index (χ3v) is 9.19. The molecule has 0 bridgehead atoms. The SMILES string of the molecule is COc1cc(/C=C/C(=O)CC(=O)/C=C/c2ccc(OC(=O)C3CC(C)(C)N(O)C(C)(C)C3)c(OC)c2)ccc1OC(=O)C(CC(C)C)CC(C)(C)NO. The Balaban J connectivity index is 1.60. The van der Waals surface area contributed by atoms with Gasteiger partial charge in [-0.1, -0.05) is 38.1 Å². The molecule has 1 aliphatic rings. The Morgan fingerprint density at radius 1 is 0.849 bits per heavy atom. The minimum absolute atomic E-state index is 0.226. The minimum atomic E-state index is -0.686. The van der Waals surface area contributed by atoms with Gasteiger partial charge in [0.2, 0.25) is 0 Å². The van der Waals surface area contributed by atoms with Gasteiger partial charge in [0, 0.05) is 16.6 Å².